The van der Waals surface area contributed by atoms with Crippen molar-refractivity contribution in [2.45, 2.75) is 17.7 Å². The molecule has 7 heteroatoms. The van der Waals surface area contributed by atoms with Crippen LogP contribution in [0.25, 0.3) is 27.9 Å². The fraction of sp³-hybridized carbons (Fsp3) is 0.185. The van der Waals surface area contributed by atoms with Crippen molar-refractivity contribution in [2.75, 3.05) is 20.5 Å². The zero-order chi connectivity index (χ0) is 23.7. The molecule has 0 N–H and O–H groups in total. The van der Waals surface area contributed by atoms with Gasteiger partial charge in [-0.25, -0.2) is 9.48 Å². The van der Waals surface area contributed by atoms with Crippen LogP contribution in [0.1, 0.15) is 11.3 Å². The number of fused-ring (bicyclic) bond motifs is 3. The van der Waals surface area contributed by atoms with Gasteiger partial charge in [-0.3, -0.25) is 0 Å². The van der Waals surface area contributed by atoms with E-state index in [2.05, 4.69) is 18.2 Å². The molecule has 0 spiro atoms. The number of nitrogens with zero attached hydrogens (tertiary/aromatic N) is 2. The molecule has 1 aliphatic carbocycles. The summed E-state index contributed by atoms with van der Waals surface area (Å²) in [5, 5.41) is 4.86. The molecule has 3 aromatic carbocycles. The lowest BCUT2D eigenvalue weighted by atomic mass is 9.84. The van der Waals surface area contributed by atoms with Gasteiger partial charge in [-0.2, -0.15) is 5.10 Å². The number of thioether (sulfide) groups is 1. The molecule has 4 aromatic rings. The van der Waals surface area contributed by atoms with Gasteiger partial charge >= 0.3 is 6.16 Å². The third-order valence-corrected chi connectivity index (χ3v) is 6.76. The van der Waals surface area contributed by atoms with Crippen LogP contribution in [0.15, 0.2) is 71.8 Å². The molecule has 6 nitrogen and oxygen atoms in total. The molecule has 0 saturated carbocycles. The smallest absolute Gasteiger partial charge is 0.497 e. The highest BCUT2D eigenvalue weighted by molar-refractivity contribution is 7.98. The Labute approximate surface area is 202 Å². The average molecular weight is 473 g/mol. The largest absolute Gasteiger partial charge is 0.513 e. The van der Waals surface area contributed by atoms with Crippen LogP contribution in [0.3, 0.4) is 0 Å². The lowest BCUT2D eigenvalue weighted by molar-refractivity contribution is 0.120. The maximum absolute atomic E-state index is 12.2. The molecule has 1 aromatic heterocycles. The SMILES string of the molecule is COC(=O)Oc1c(SC)cc(-c2ccc(OC)cc2)c2c1-c1cn(-c3ccccc3)nc1CC2. The predicted molar refractivity (Wildman–Crippen MR) is 133 cm³/mol. The molecule has 0 bridgehead atoms. The summed E-state index contributed by atoms with van der Waals surface area (Å²) in [6, 6.07) is 20.1. The molecular weight excluding hydrogens is 448 g/mol. The summed E-state index contributed by atoms with van der Waals surface area (Å²) in [7, 11) is 2.98. The number of aryl methyl sites for hydroxylation is 1. The molecule has 0 amide bonds. The minimum absolute atomic E-state index is 0.514. The van der Waals surface area contributed by atoms with Gasteiger partial charge in [0.2, 0.25) is 0 Å². The van der Waals surface area contributed by atoms with Crippen molar-refractivity contribution in [3.05, 3.63) is 78.1 Å². The van der Waals surface area contributed by atoms with E-state index < -0.39 is 6.16 Å². The fourth-order valence-electron chi connectivity index (χ4n) is 4.39. The summed E-state index contributed by atoms with van der Waals surface area (Å²) in [6.45, 7) is 0. The minimum atomic E-state index is -0.739. The molecule has 0 saturated heterocycles. The monoisotopic (exact) mass is 472 g/mol. The normalized spacial score (nSPS) is 12.0. The van der Waals surface area contributed by atoms with E-state index >= 15 is 0 Å². The second-order valence-corrected chi connectivity index (χ2v) is 8.71. The van der Waals surface area contributed by atoms with Crippen molar-refractivity contribution in [2.24, 2.45) is 0 Å². The summed E-state index contributed by atoms with van der Waals surface area (Å²) in [5.41, 5.74) is 7.13. The van der Waals surface area contributed by atoms with Gasteiger partial charge in [0.05, 0.1) is 30.5 Å². The van der Waals surface area contributed by atoms with Crippen molar-refractivity contribution in [3.63, 3.8) is 0 Å². The van der Waals surface area contributed by atoms with Gasteiger partial charge in [0, 0.05) is 17.3 Å². The van der Waals surface area contributed by atoms with E-state index in [9.17, 15) is 4.79 Å². The number of ether oxygens (including phenoxy) is 3. The summed E-state index contributed by atoms with van der Waals surface area (Å²) in [4.78, 5) is 13.1. The molecule has 1 heterocycles. The van der Waals surface area contributed by atoms with Gasteiger partial charge in [0.15, 0.2) is 5.75 Å². The molecule has 0 fully saturated rings. The standard InChI is InChI=1S/C27H24N2O4S/c1-31-19-11-9-17(10-12-19)21-15-24(34-3)26(33-27(30)32-2)25-20(21)13-14-23-22(25)16-29(28-23)18-7-5-4-6-8-18/h4-12,15-16H,13-14H2,1-3H3. The van der Waals surface area contributed by atoms with Gasteiger partial charge in [0.25, 0.3) is 0 Å². The van der Waals surface area contributed by atoms with Crippen molar-refractivity contribution in [1.82, 2.24) is 9.78 Å². The minimum Gasteiger partial charge on any atom is -0.497 e. The van der Waals surface area contributed by atoms with Crippen LogP contribution in [0.2, 0.25) is 0 Å². The molecule has 0 radical (unpaired) electrons. The second-order valence-electron chi connectivity index (χ2n) is 7.86. The number of methoxy groups -OCH3 is 2. The van der Waals surface area contributed by atoms with Crippen molar-refractivity contribution in [3.8, 4) is 39.4 Å². The molecule has 0 atom stereocenters. The van der Waals surface area contributed by atoms with E-state index in [4.69, 9.17) is 19.3 Å². The first-order valence-corrected chi connectivity index (χ1v) is 12.1. The summed E-state index contributed by atoms with van der Waals surface area (Å²) < 4.78 is 17.8. The van der Waals surface area contributed by atoms with E-state index in [0.29, 0.717) is 5.75 Å². The molecular formula is C27H24N2O4S. The van der Waals surface area contributed by atoms with E-state index in [1.165, 1.54) is 18.9 Å². The first kappa shape index (κ1) is 22.1. The molecule has 5 rings (SSSR count). The summed E-state index contributed by atoms with van der Waals surface area (Å²) >= 11 is 1.53. The van der Waals surface area contributed by atoms with Crippen molar-refractivity contribution < 1.29 is 19.0 Å². The Balaban J connectivity index is 1.75. The average Bonchev–Trinajstić information content (AvgIpc) is 3.34. The number of carbonyl (C=O) groups excluding carboxylic acids is 1. The van der Waals surface area contributed by atoms with E-state index in [1.807, 2.05) is 59.6 Å². The highest BCUT2D eigenvalue weighted by Crippen LogP contribution is 2.49. The van der Waals surface area contributed by atoms with Crippen LogP contribution in [-0.4, -0.2) is 36.4 Å². The summed E-state index contributed by atoms with van der Waals surface area (Å²) in [5.74, 6) is 1.32. The van der Waals surface area contributed by atoms with Gasteiger partial charge < -0.3 is 14.2 Å². The van der Waals surface area contributed by atoms with E-state index in [-0.39, 0.29) is 0 Å². The molecule has 34 heavy (non-hydrogen) atoms. The maximum Gasteiger partial charge on any atom is 0.513 e. The molecule has 1 aliphatic rings. The first-order chi connectivity index (χ1) is 16.6. The Morgan fingerprint density at radius 1 is 1.00 bits per heavy atom. The number of benzene rings is 3. The van der Waals surface area contributed by atoms with Crippen LogP contribution in [0.5, 0.6) is 11.5 Å². The van der Waals surface area contributed by atoms with Crippen molar-refractivity contribution >= 4 is 17.9 Å². The van der Waals surface area contributed by atoms with Gasteiger partial charge in [0.1, 0.15) is 5.75 Å². The Kier molecular flexibility index (Phi) is 6.02. The number of rotatable bonds is 5. The highest BCUT2D eigenvalue weighted by atomic mass is 32.2. The lowest BCUT2D eigenvalue weighted by Gasteiger charge is -2.24. The fourth-order valence-corrected chi connectivity index (χ4v) is 4.95. The molecule has 0 unspecified atom stereocenters. The highest BCUT2D eigenvalue weighted by Gasteiger charge is 2.30. The Bertz CT molecular complexity index is 1350. The quantitative estimate of drug-likeness (QED) is 0.196. The van der Waals surface area contributed by atoms with Crippen LogP contribution in [0.4, 0.5) is 4.79 Å². The van der Waals surface area contributed by atoms with Crippen LogP contribution in [0, 0.1) is 0 Å². The van der Waals surface area contributed by atoms with Crippen LogP contribution >= 0.6 is 11.8 Å². The zero-order valence-electron chi connectivity index (χ0n) is 19.2. The zero-order valence-corrected chi connectivity index (χ0v) is 20.0. The number of para-hydroxylation sites is 1. The number of hydrogen-bond donors (Lipinski definition) is 0. The third-order valence-electron chi connectivity index (χ3n) is 6.02. The number of carbonyl (C=O) groups is 1. The topological polar surface area (TPSA) is 62.6 Å². The second kappa shape index (κ2) is 9.27. The van der Waals surface area contributed by atoms with Gasteiger partial charge in [-0.15, -0.1) is 11.8 Å². The lowest BCUT2D eigenvalue weighted by Crippen LogP contribution is -2.13. The van der Waals surface area contributed by atoms with E-state index in [0.717, 1.165) is 62.7 Å². The number of aromatic nitrogens is 2. The third kappa shape index (κ3) is 3.92. The Hall–Kier alpha value is -3.71. The Morgan fingerprint density at radius 2 is 1.76 bits per heavy atom. The van der Waals surface area contributed by atoms with Crippen molar-refractivity contribution in [1.29, 1.82) is 0 Å². The van der Waals surface area contributed by atoms with Crippen LogP contribution < -0.4 is 9.47 Å². The molecule has 0 aliphatic heterocycles. The summed E-state index contributed by atoms with van der Waals surface area (Å²) in [6.07, 6.45) is 4.83. The first-order valence-electron chi connectivity index (χ1n) is 10.9. The van der Waals surface area contributed by atoms with E-state index in [1.54, 1.807) is 7.11 Å². The predicted octanol–water partition coefficient (Wildman–Crippen LogP) is 6.18. The Morgan fingerprint density at radius 3 is 2.44 bits per heavy atom. The van der Waals surface area contributed by atoms with Crippen LogP contribution in [-0.2, 0) is 17.6 Å². The van der Waals surface area contributed by atoms with Gasteiger partial charge in [-0.1, -0.05) is 30.3 Å². The maximum atomic E-state index is 12.2. The molecule has 172 valence electrons. The van der Waals surface area contributed by atoms with Gasteiger partial charge in [-0.05, 0) is 66.1 Å². The number of hydrogen-bond acceptors (Lipinski definition) is 6.